The molecule has 2 fully saturated rings. The van der Waals surface area contributed by atoms with Crippen LogP contribution in [0.5, 0.6) is 0 Å². The van der Waals surface area contributed by atoms with Gasteiger partial charge in [-0.15, -0.1) is 0 Å². The van der Waals surface area contributed by atoms with Crippen LogP contribution in [-0.2, 0) is 4.79 Å². The van der Waals surface area contributed by atoms with E-state index < -0.39 is 0 Å². The second-order valence-corrected chi connectivity index (χ2v) is 7.74. The van der Waals surface area contributed by atoms with Crippen molar-refractivity contribution < 1.29 is 4.79 Å². The molecule has 2 aliphatic carbocycles. The SMILES string of the molecule is CC1(C)[C@@H]2CC[C@@]1(C)C(=O)/C2=C/Nc1cccc2ccccc12. The fourth-order valence-corrected chi connectivity index (χ4v) is 4.60. The number of carbonyl (C=O) groups excluding carboxylic acids is 1. The lowest BCUT2D eigenvalue weighted by Crippen LogP contribution is -2.32. The third kappa shape index (κ3) is 1.84. The maximum atomic E-state index is 12.9. The van der Waals surface area contributed by atoms with Crippen LogP contribution < -0.4 is 5.32 Å². The number of anilines is 1. The minimum atomic E-state index is -0.191. The number of fused-ring (bicyclic) bond motifs is 3. The second-order valence-electron chi connectivity index (χ2n) is 7.74. The summed E-state index contributed by atoms with van der Waals surface area (Å²) in [5.41, 5.74) is 1.92. The molecule has 2 aromatic carbocycles. The Labute approximate surface area is 137 Å². The Balaban J connectivity index is 1.71. The number of rotatable bonds is 2. The number of benzene rings is 2. The smallest absolute Gasteiger partial charge is 0.167 e. The molecule has 0 saturated heterocycles. The van der Waals surface area contributed by atoms with Crippen molar-refractivity contribution in [2.45, 2.75) is 33.6 Å². The van der Waals surface area contributed by atoms with Gasteiger partial charge in [0, 0.05) is 28.3 Å². The van der Waals surface area contributed by atoms with Crippen LogP contribution in [0.3, 0.4) is 0 Å². The predicted molar refractivity (Wildman–Crippen MR) is 95.3 cm³/mol. The Bertz CT molecular complexity index is 827. The first-order valence-corrected chi connectivity index (χ1v) is 8.44. The van der Waals surface area contributed by atoms with E-state index in [4.69, 9.17) is 0 Å². The Morgan fingerprint density at radius 2 is 1.83 bits per heavy atom. The van der Waals surface area contributed by atoms with E-state index in [1.807, 2.05) is 18.3 Å². The molecule has 0 aliphatic heterocycles. The van der Waals surface area contributed by atoms with E-state index in [1.165, 1.54) is 10.8 Å². The van der Waals surface area contributed by atoms with Crippen LogP contribution in [0, 0.1) is 16.7 Å². The van der Waals surface area contributed by atoms with Crippen molar-refractivity contribution in [2.75, 3.05) is 5.32 Å². The molecule has 118 valence electrons. The minimum Gasteiger partial charge on any atom is -0.361 e. The second kappa shape index (κ2) is 4.70. The van der Waals surface area contributed by atoms with Gasteiger partial charge in [0.1, 0.15) is 0 Å². The molecule has 1 N–H and O–H groups in total. The van der Waals surface area contributed by atoms with E-state index in [1.54, 1.807) is 0 Å². The third-order valence-electron chi connectivity index (χ3n) is 6.54. The Morgan fingerprint density at radius 3 is 2.57 bits per heavy atom. The Hall–Kier alpha value is -2.09. The molecule has 4 rings (SSSR count). The minimum absolute atomic E-state index is 0.0658. The highest BCUT2D eigenvalue weighted by atomic mass is 16.1. The zero-order chi connectivity index (χ0) is 16.2. The van der Waals surface area contributed by atoms with Crippen molar-refractivity contribution in [3.63, 3.8) is 0 Å². The van der Waals surface area contributed by atoms with Crippen LogP contribution in [0.25, 0.3) is 10.8 Å². The van der Waals surface area contributed by atoms with Crippen LogP contribution in [0.4, 0.5) is 5.69 Å². The molecule has 0 unspecified atom stereocenters. The average Bonchev–Trinajstić information content (AvgIpc) is 2.86. The van der Waals surface area contributed by atoms with Crippen molar-refractivity contribution in [1.29, 1.82) is 0 Å². The van der Waals surface area contributed by atoms with Gasteiger partial charge in [-0.3, -0.25) is 4.79 Å². The van der Waals surface area contributed by atoms with Gasteiger partial charge in [0.15, 0.2) is 5.78 Å². The van der Waals surface area contributed by atoms with Crippen LogP contribution in [0.1, 0.15) is 33.6 Å². The summed E-state index contributed by atoms with van der Waals surface area (Å²) < 4.78 is 0. The molecule has 2 saturated carbocycles. The number of carbonyl (C=O) groups is 1. The van der Waals surface area contributed by atoms with Crippen molar-refractivity contribution >= 4 is 22.2 Å². The van der Waals surface area contributed by atoms with Gasteiger partial charge in [-0.05, 0) is 35.6 Å². The number of hydrogen-bond acceptors (Lipinski definition) is 2. The molecule has 0 amide bonds. The third-order valence-corrected chi connectivity index (χ3v) is 6.54. The monoisotopic (exact) mass is 305 g/mol. The maximum absolute atomic E-state index is 12.9. The molecule has 0 heterocycles. The highest BCUT2D eigenvalue weighted by molar-refractivity contribution is 6.05. The fraction of sp³-hybridized carbons (Fsp3) is 0.381. The zero-order valence-electron chi connectivity index (χ0n) is 14.0. The lowest BCUT2D eigenvalue weighted by molar-refractivity contribution is -0.125. The molecule has 0 aromatic heterocycles. The quantitative estimate of drug-likeness (QED) is 0.776. The van der Waals surface area contributed by atoms with Crippen LogP contribution in [0.15, 0.2) is 54.2 Å². The molecule has 23 heavy (non-hydrogen) atoms. The summed E-state index contributed by atoms with van der Waals surface area (Å²) in [4.78, 5) is 12.9. The van der Waals surface area contributed by atoms with E-state index in [0.29, 0.717) is 11.7 Å². The van der Waals surface area contributed by atoms with E-state index >= 15 is 0 Å². The first-order valence-electron chi connectivity index (χ1n) is 8.44. The number of hydrogen-bond donors (Lipinski definition) is 1. The van der Waals surface area contributed by atoms with Gasteiger partial charge in [-0.1, -0.05) is 57.2 Å². The Morgan fingerprint density at radius 1 is 1.09 bits per heavy atom. The van der Waals surface area contributed by atoms with Crippen molar-refractivity contribution in [2.24, 2.45) is 16.7 Å². The average molecular weight is 305 g/mol. The van der Waals surface area contributed by atoms with Crippen molar-refractivity contribution in [3.05, 3.63) is 54.2 Å². The first-order chi connectivity index (χ1) is 10.9. The van der Waals surface area contributed by atoms with Gasteiger partial charge in [0.2, 0.25) is 0 Å². The van der Waals surface area contributed by atoms with Crippen LogP contribution in [-0.4, -0.2) is 5.78 Å². The summed E-state index contributed by atoms with van der Waals surface area (Å²) in [6.07, 6.45) is 4.12. The predicted octanol–water partition coefficient (Wildman–Crippen LogP) is 5.16. The lowest BCUT2D eigenvalue weighted by atomic mass is 9.70. The van der Waals surface area contributed by atoms with Crippen LogP contribution in [0.2, 0.25) is 0 Å². The number of Topliss-reactive ketones (excluding diaryl/α,β-unsaturated/α-hetero) is 1. The highest BCUT2D eigenvalue weighted by Crippen LogP contribution is 2.65. The largest absolute Gasteiger partial charge is 0.361 e. The molecule has 2 atom stereocenters. The molecule has 0 radical (unpaired) electrons. The van der Waals surface area contributed by atoms with Gasteiger partial charge in [0.25, 0.3) is 0 Å². The van der Waals surface area contributed by atoms with Gasteiger partial charge in [-0.25, -0.2) is 0 Å². The summed E-state index contributed by atoms with van der Waals surface area (Å²) in [5, 5.41) is 5.82. The van der Waals surface area contributed by atoms with Gasteiger partial charge >= 0.3 is 0 Å². The molecular weight excluding hydrogens is 282 g/mol. The van der Waals surface area contributed by atoms with E-state index in [-0.39, 0.29) is 10.8 Å². The molecule has 2 bridgehead atoms. The van der Waals surface area contributed by atoms with E-state index in [0.717, 1.165) is 24.1 Å². The van der Waals surface area contributed by atoms with Crippen molar-refractivity contribution in [3.8, 4) is 0 Å². The number of ketones is 1. The zero-order valence-corrected chi connectivity index (χ0v) is 14.0. The van der Waals surface area contributed by atoms with Gasteiger partial charge in [-0.2, -0.15) is 0 Å². The van der Waals surface area contributed by atoms with Crippen LogP contribution >= 0.6 is 0 Å². The maximum Gasteiger partial charge on any atom is 0.167 e. The topological polar surface area (TPSA) is 29.1 Å². The lowest BCUT2D eigenvalue weighted by Gasteiger charge is -2.31. The normalized spacial score (nSPS) is 30.3. The summed E-state index contributed by atoms with van der Waals surface area (Å²) >= 11 is 0. The van der Waals surface area contributed by atoms with E-state index in [9.17, 15) is 4.79 Å². The summed E-state index contributed by atoms with van der Waals surface area (Å²) in [7, 11) is 0. The van der Waals surface area contributed by atoms with Gasteiger partial charge < -0.3 is 5.32 Å². The molecule has 2 nitrogen and oxygen atoms in total. The Kier molecular flexibility index (Phi) is 2.96. The summed E-state index contributed by atoms with van der Waals surface area (Å²) in [6, 6.07) is 14.6. The standard InChI is InChI=1S/C21H23NO/c1-20(2)17-11-12-21(20,3)19(23)16(17)13-22-18-10-6-8-14-7-4-5-9-15(14)18/h4-10,13,17,22H,11-12H2,1-3H3/b16-13+/t17-,21+/m1/s1. The highest BCUT2D eigenvalue weighted by Gasteiger charge is 2.63. The molecule has 2 aromatic rings. The molecule has 2 aliphatic rings. The van der Waals surface area contributed by atoms with Gasteiger partial charge in [0.05, 0.1) is 0 Å². The first kappa shape index (κ1) is 14.5. The molecule has 2 heteroatoms. The molecular formula is C21H23NO. The fourth-order valence-electron chi connectivity index (χ4n) is 4.60. The number of allylic oxidation sites excluding steroid dienone is 1. The number of nitrogens with one attached hydrogen (secondary N) is 1. The van der Waals surface area contributed by atoms with E-state index in [2.05, 4.69) is 56.4 Å². The summed E-state index contributed by atoms with van der Waals surface area (Å²) in [6.45, 7) is 6.65. The van der Waals surface area contributed by atoms with Crippen molar-refractivity contribution in [1.82, 2.24) is 0 Å². The summed E-state index contributed by atoms with van der Waals surface area (Å²) in [5.74, 6) is 0.717. The molecule has 0 spiro atoms.